The van der Waals surface area contributed by atoms with Crippen LogP contribution in [0.1, 0.15) is 5.56 Å². The van der Waals surface area contributed by atoms with E-state index in [4.69, 9.17) is 26.3 Å². The van der Waals surface area contributed by atoms with Gasteiger partial charge in [0.25, 0.3) is 0 Å². The van der Waals surface area contributed by atoms with E-state index >= 15 is 0 Å². The summed E-state index contributed by atoms with van der Waals surface area (Å²) in [5.74, 6) is 1.08. The number of nitrogens with zero attached hydrogens (tertiary/aromatic N) is 1. The third-order valence-corrected chi connectivity index (χ3v) is 2.72. The molecule has 82 valence electrons. The van der Waals surface area contributed by atoms with E-state index in [2.05, 4.69) is 21.1 Å². The van der Waals surface area contributed by atoms with E-state index in [0.29, 0.717) is 21.5 Å². The van der Waals surface area contributed by atoms with Crippen LogP contribution in [-0.2, 0) is 0 Å². The summed E-state index contributed by atoms with van der Waals surface area (Å²) in [6.45, 7) is 0. The van der Waals surface area contributed by atoms with Crippen LogP contribution in [0.25, 0.3) is 0 Å². The highest BCUT2D eigenvalue weighted by molar-refractivity contribution is 9.10. The molecule has 0 aliphatic rings. The van der Waals surface area contributed by atoms with E-state index in [-0.39, 0.29) is 5.17 Å². The van der Waals surface area contributed by atoms with E-state index in [1.807, 2.05) is 0 Å². The number of halogens is 2. The molecule has 0 amide bonds. The molecule has 6 heteroatoms. The van der Waals surface area contributed by atoms with E-state index in [9.17, 15) is 0 Å². The number of methoxy groups -OCH3 is 2. The normalized spacial score (nSPS) is 11.3. The van der Waals surface area contributed by atoms with Gasteiger partial charge in [0.05, 0.1) is 14.2 Å². The molecule has 0 saturated carbocycles. The Morgan fingerprint density at radius 2 is 1.87 bits per heavy atom. The van der Waals surface area contributed by atoms with Crippen LogP contribution < -0.4 is 9.47 Å². The Kier molecular flexibility index (Phi) is 4.23. The summed E-state index contributed by atoms with van der Waals surface area (Å²) in [5.41, 5.74) is 0.525. The molecule has 0 fully saturated rings. The van der Waals surface area contributed by atoms with Crippen LogP contribution >= 0.6 is 27.5 Å². The second-order valence-electron chi connectivity index (χ2n) is 2.58. The van der Waals surface area contributed by atoms with Gasteiger partial charge in [-0.3, -0.25) is 0 Å². The molecule has 0 heterocycles. The van der Waals surface area contributed by atoms with Crippen LogP contribution in [0.2, 0.25) is 0 Å². The van der Waals surface area contributed by atoms with E-state index in [0.717, 1.165) is 0 Å². The first-order chi connectivity index (χ1) is 7.13. The Hall–Kier alpha value is -0.940. The molecule has 1 N–H and O–H groups in total. The SMILES string of the molecule is COc1cc(Br)c(/C(Cl)=N/O)cc1OC. The fourth-order valence-corrected chi connectivity index (χ4v) is 1.85. The molecule has 0 spiro atoms. The van der Waals surface area contributed by atoms with Crippen molar-refractivity contribution in [1.82, 2.24) is 0 Å². The standard InChI is InChI=1S/C9H9BrClNO3/c1-14-7-3-5(9(11)12-13)6(10)4-8(7)15-2/h3-4,13H,1-2H3/b12-9-. The molecule has 0 atom stereocenters. The fourth-order valence-electron chi connectivity index (χ4n) is 1.07. The number of hydrogen-bond donors (Lipinski definition) is 1. The van der Waals surface area contributed by atoms with Crippen molar-refractivity contribution in [3.63, 3.8) is 0 Å². The average molecular weight is 295 g/mol. The maximum Gasteiger partial charge on any atom is 0.176 e. The van der Waals surface area contributed by atoms with Crippen LogP contribution in [0.15, 0.2) is 21.8 Å². The highest BCUT2D eigenvalue weighted by atomic mass is 79.9. The number of benzene rings is 1. The third kappa shape index (κ3) is 2.54. The summed E-state index contributed by atoms with van der Waals surface area (Å²) < 4.78 is 10.8. The first kappa shape index (κ1) is 12.1. The lowest BCUT2D eigenvalue weighted by Crippen LogP contribution is -1.97. The van der Waals surface area contributed by atoms with Crippen molar-refractivity contribution < 1.29 is 14.7 Å². The minimum Gasteiger partial charge on any atom is -0.493 e. The average Bonchev–Trinajstić information content (AvgIpc) is 2.27. The third-order valence-electron chi connectivity index (χ3n) is 1.78. The number of oxime groups is 1. The zero-order valence-electron chi connectivity index (χ0n) is 8.12. The lowest BCUT2D eigenvalue weighted by atomic mass is 10.2. The Morgan fingerprint density at radius 3 is 2.33 bits per heavy atom. The van der Waals surface area contributed by atoms with Gasteiger partial charge in [0.1, 0.15) is 0 Å². The van der Waals surface area contributed by atoms with Crippen LogP contribution in [0.3, 0.4) is 0 Å². The van der Waals surface area contributed by atoms with Crippen molar-refractivity contribution in [2.24, 2.45) is 5.16 Å². The molecule has 1 rings (SSSR count). The van der Waals surface area contributed by atoms with Crippen LogP contribution in [0.5, 0.6) is 11.5 Å². The van der Waals surface area contributed by atoms with E-state index in [1.54, 1.807) is 12.1 Å². The molecular weight excluding hydrogens is 285 g/mol. The van der Waals surface area contributed by atoms with Crippen LogP contribution in [0, 0.1) is 0 Å². The minimum atomic E-state index is -0.0252. The molecule has 0 bridgehead atoms. The molecule has 0 aromatic heterocycles. The molecule has 1 aromatic rings. The largest absolute Gasteiger partial charge is 0.493 e. The molecule has 0 saturated heterocycles. The summed E-state index contributed by atoms with van der Waals surface area (Å²) in [7, 11) is 3.05. The summed E-state index contributed by atoms with van der Waals surface area (Å²) >= 11 is 8.97. The molecule has 1 aromatic carbocycles. The monoisotopic (exact) mass is 293 g/mol. The van der Waals surface area contributed by atoms with Gasteiger partial charge in [-0.25, -0.2) is 0 Å². The van der Waals surface area contributed by atoms with Crippen molar-refractivity contribution in [3.8, 4) is 11.5 Å². The molecule has 0 radical (unpaired) electrons. The van der Waals surface area contributed by atoms with Gasteiger partial charge >= 0.3 is 0 Å². The molecule has 0 aliphatic carbocycles. The molecular formula is C9H9BrClNO3. The Morgan fingerprint density at radius 1 is 1.33 bits per heavy atom. The smallest absolute Gasteiger partial charge is 0.176 e. The first-order valence-corrected chi connectivity index (χ1v) is 5.10. The number of hydrogen-bond acceptors (Lipinski definition) is 4. The lowest BCUT2D eigenvalue weighted by molar-refractivity contribution is 0.320. The van der Waals surface area contributed by atoms with Gasteiger partial charge in [0, 0.05) is 10.0 Å². The zero-order chi connectivity index (χ0) is 11.4. The maximum absolute atomic E-state index is 8.57. The molecule has 0 unspecified atom stereocenters. The maximum atomic E-state index is 8.57. The lowest BCUT2D eigenvalue weighted by Gasteiger charge is -2.10. The zero-order valence-corrected chi connectivity index (χ0v) is 10.5. The Balaban J connectivity index is 3.32. The quantitative estimate of drug-likeness (QED) is 0.530. The number of ether oxygens (including phenoxy) is 2. The van der Waals surface area contributed by atoms with E-state index in [1.165, 1.54) is 14.2 Å². The highest BCUT2D eigenvalue weighted by Crippen LogP contribution is 2.33. The number of rotatable bonds is 3. The van der Waals surface area contributed by atoms with Crippen molar-refractivity contribution in [2.75, 3.05) is 14.2 Å². The summed E-state index contributed by atoms with van der Waals surface area (Å²) in [6, 6.07) is 3.30. The van der Waals surface area contributed by atoms with Crippen molar-refractivity contribution in [1.29, 1.82) is 0 Å². The topological polar surface area (TPSA) is 51.0 Å². The van der Waals surface area contributed by atoms with Gasteiger partial charge in [-0.2, -0.15) is 0 Å². The second kappa shape index (κ2) is 5.23. The predicted octanol–water partition coefficient (Wildman–Crippen LogP) is 2.84. The molecule has 4 nitrogen and oxygen atoms in total. The van der Waals surface area contributed by atoms with Gasteiger partial charge in [0.2, 0.25) is 0 Å². The van der Waals surface area contributed by atoms with Crippen molar-refractivity contribution >= 4 is 32.7 Å². The van der Waals surface area contributed by atoms with E-state index < -0.39 is 0 Å². The fraction of sp³-hybridized carbons (Fsp3) is 0.222. The minimum absolute atomic E-state index is 0.0252. The van der Waals surface area contributed by atoms with Gasteiger partial charge in [0.15, 0.2) is 16.7 Å². The summed E-state index contributed by atoms with van der Waals surface area (Å²) in [6.07, 6.45) is 0. The van der Waals surface area contributed by atoms with Gasteiger partial charge in [-0.15, -0.1) is 0 Å². The van der Waals surface area contributed by atoms with Crippen LogP contribution in [0.4, 0.5) is 0 Å². The molecule has 15 heavy (non-hydrogen) atoms. The summed E-state index contributed by atoms with van der Waals surface area (Å²) in [4.78, 5) is 0. The van der Waals surface area contributed by atoms with Crippen molar-refractivity contribution in [2.45, 2.75) is 0 Å². The highest BCUT2D eigenvalue weighted by Gasteiger charge is 2.12. The Labute approximate surface area is 101 Å². The van der Waals surface area contributed by atoms with Crippen LogP contribution in [-0.4, -0.2) is 24.6 Å². The van der Waals surface area contributed by atoms with Crippen molar-refractivity contribution in [3.05, 3.63) is 22.2 Å². The first-order valence-electron chi connectivity index (χ1n) is 3.93. The predicted molar refractivity (Wildman–Crippen MR) is 61.4 cm³/mol. The van der Waals surface area contributed by atoms with Gasteiger partial charge in [-0.1, -0.05) is 16.8 Å². The van der Waals surface area contributed by atoms with Gasteiger partial charge < -0.3 is 14.7 Å². The second-order valence-corrected chi connectivity index (χ2v) is 3.79. The summed E-state index contributed by atoms with van der Waals surface area (Å²) in [5, 5.41) is 11.4. The Bertz CT molecular complexity index is 395. The molecule has 0 aliphatic heterocycles. The van der Waals surface area contributed by atoms with Gasteiger partial charge in [-0.05, 0) is 28.1 Å².